The Morgan fingerprint density at radius 2 is 1.81 bits per heavy atom. The van der Waals surface area contributed by atoms with E-state index in [1.54, 1.807) is 20.8 Å². The number of sulfonamides is 1. The molecule has 1 atom stereocenters. The molecule has 0 heterocycles. The number of rotatable bonds is 6. The predicted molar refractivity (Wildman–Crippen MR) is 84.4 cm³/mol. The van der Waals surface area contributed by atoms with Crippen molar-refractivity contribution in [2.75, 3.05) is 14.1 Å². The molecule has 0 aromatic heterocycles. The van der Waals surface area contributed by atoms with Gasteiger partial charge >= 0.3 is 6.09 Å². The molecule has 7 heteroatoms. The molecule has 1 N–H and O–H groups in total. The second-order valence-corrected chi connectivity index (χ2v) is 8.57. The molecule has 0 bridgehead atoms. The predicted octanol–water partition coefficient (Wildman–Crippen LogP) is 2.33. The van der Waals surface area contributed by atoms with Crippen LogP contribution in [-0.2, 0) is 14.8 Å². The van der Waals surface area contributed by atoms with Crippen LogP contribution >= 0.6 is 0 Å². The Bertz CT molecular complexity index is 462. The number of carbonyl (C=O) groups is 1. The van der Waals surface area contributed by atoms with Gasteiger partial charge in [-0.3, -0.25) is 0 Å². The van der Waals surface area contributed by atoms with E-state index in [0.29, 0.717) is 12.3 Å². The van der Waals surface area contributed by atoms with Crippen LogP contribution in [0.3, 0.4) is 0 Å². The fourth-order valence-electron chi connectivity index (χ4n) is 1.47. The van der Waals surface area contributed by atoms with E-state index in [1.807, 2.05) is 13.8 Å². The van der Waals surface area contributed by atoms with Crippen LogP contribution in [0.15, 0.2) is 11.5 Å². The first-order chi connectivity index (χ1) is 9.33. The van der Waals surface area contributed by atoms with Crippen molar-refractivity contribution in [3.8, 4) is 0 Å². The fourth-order valence-corrected chi connectivity index (χ4v) is 2.10. The molecule has 124 valence electrons. The fraction of sp³-hybridized carbons (Fsp3) is 0.786. The van der Waals surface area contributed by atoms with Gasteiger partial charge in [0.25, 0.3) is 0 Å². The summed E-state index contributed by atoms with van der Waals surface area (Å²) < 4.78 is 29.8. The van der Waals surface area contributed by atoms with Gasteiger partial charge in [0.2, 0.25) is 10.0 Å². The average Bonchev–Trinajstić information content (AvgIpc) is 2.22. The summed E-state index contributed by atoms with van der Waals surface area (Å²) in [7, 11) is -0.526. The summed E-state index contributed by atoms with van der Waals surface area (Å²) in [6, 6.07) is -0.394. The van der Waals surface area contributed by atoms with Crippen LogP contribution in [0.2, 0.25) is 0 Å². The lowest BCUT2D eigenvalue weighted by atomic mass is 10.0. The van der Waals surface area contributed by atoms with Crippen molar-refractivity contribution in [2.24, 2.45) is 5.92 Å². The highest BCUT2D eigenvalue weighted by Gasteiger charge is 2.19. The Morgan fingerprint density at radius 1 is 1.29 bits per heavy atom. The molecule has 0 rings (SSSR count). The first-order valence-electron chi connectivity index (χ1n) is 6.93. The van der Waals surface area contributed by atoms with Crippen LogP contribution in [0.5, 0.6) is 0 Å². The van der Waals surface area contributed by atoms with E-state index < -0.39 is 27.8 Å². The Hall–Kier alpha value is -1.08. The van der Waals surface area contributed by atoms with Gasteiger partial charge in [0.05, 0.1) is 6.04 Å². The van der Waals surface area contributed by atoms with Gasteiger partial charge < -0.3 is 10.1 Å². The number of ether oxygens (including phenoxy) is 1. The number of carbonyl (C=O) groups excluding carboxylic acids is 1. The Morgan fingerprint density at radius 3 is 2.19 bits per heavy atom. The van der Waals surface area contributed by atoms with E-state index >= 15 is 0 Å². The minimum Gasteiger partial charge on any atom is -0.444 e. The van der Waals surface area contributed by atoms with Crippen LogP contribution in [0.4, 0.5) is 4.79 Å². The topological polar surface area (TPSA) is 75.7 Å². The van der Waals surface area contributed by atoms with Crippen molar-refractivity contribution in [2.45, 2.75) is 52.7 Å². The van der Waals surface area contributed by atoms with Crippen molar-refractivity contribution in [3.05, 3.63) is 11.5 Å². The maximum absolute atomic E-state index is 11.8. The van der Waals surface area contributed by atoms with E-state index in [0.717, 1.165) is 9.71 Å². The van der Waals surface area contributed by atoms with Gasteiger partial charge in [0, 0.05) is 19.5 Å². The standard InChI is InChI=1S/C14H28N2O4S/c1-11(2)10-12(8-9-21(18,19)16(6)7)15-13(17)20-14(3,4)5/h8-9,11-12H,10H2,1-7H3,(H,15,17)/b9-8+. The van der Waals surface area contributed by atoms with E-state index in [1.165, 1.54) is 20.2 Å². The van der Waals surface area contributed by atoms with Gasteiger partial charge in [-0.1, -0.05) is 13.8 Å². The maximum Gasteiger partial charge on any atom is 0.408 e. The van der Waals surface area contributed by atoms with E-state index in [4.69, 9.17) is 4.74 Å². The second-order valence-electron chi connectivity index (χ2n) is 6.54. The number of alkyl carbamates (subject to hydrolysis) is 1. The lowest BCUT2D eigenvalue weighted by Gasteiger charge is -2.23. The molecular formula is C14H28N2O4S. The molecule has 0 aliphatic rings. The summed E-state index contributed by atoms with van der Waals surface area (Å²) in [6.07, 6.45) is 1.55. The van der Waals surface area contributed by atoms with Gasteiger partial charge in [0.15, 0.2) is 0 Å². The summed E-state index contributed by atoms with van der Waals surface area (Å²) in [6.45, 7) is 9.32. The SMILES string of the molecule is CC(C)CC(/C=C/S(=O)(=O)N(C)C)NC(=O)OC(C)(C)C. The zero-order chi connectivity index (χ0) is 16.8. The zero-order valence-electron chi connectivity index (χ0n) is 14.0. The van der Waals surface area contributed by atoms with Gasteiger partial charge in [-0.15, -0.1) is 0 Å². The summed E-state index contributed by atoms with van der Waals surface area (Å²) in [5.74, 6) is 0.302. The molecule has 0 aromatic carbocycles. The van der Waals surface area contributed by atoms with Gasteiger partial charge in [0.1, 0.15) is 5.60 Å². The summed E-state index contributed by atoms with van der Waals surface area (Å²) >= 11 is 0. The third-order valence-corrected chi connectivity index (χ3v) is 3.94. The van der Waals surface area contributed by atoms with E-state index in [-0.39, 0.29) is 0 Å². The number of hydrogen-bond donors (Lipinski definition) is 1. The van der Waals surface area contributed by atoms with Gasteiger partial charge in [-0.25, -0.2) is 17.5 Å². The Kier molecular flexibility index (Phi) is 7.39. The highest BCUT2D eigenvalue weighted by Crippen LogP contribution is 2.11. The number of hydrogen-bond acceptors (Lipinski definition) is 4. The highest BCUT2D eigenvalue weighted by molar-refractivity contribution is 7.92. The maximum atomic E-state index is 11.8. The lowest BCUT2D eigenvalue weighted by Crippen LogP contribution is -2.39. The van der Waals surface area contributed by atoms with Crippen LogP contribution in [-0.4, -0.2) is 44.6 Å². The van der Waals surface area contributed by atoms with Crippen molar-refractivity contribution in [3.63, 3.8) is 0 Å². The molecule has 6 nitrogen and oxygen atoms in total. The van der Waals surface area contributed by atoms with Crippen LogP contribution in [0.25, 0.3) is 0 Å². The number of nitrogens with zero attached hydrogens (tertiary/aromatic N) is 1. The Labute approximate surface area is 128 Å². The third-order valence-electron chi connectivity index (χ3n) is 2.42. The summed E-state index contributed by atoms with van der Waals surface area (Å²) in [5.41, 5.74) is -0.591. The smallest absolute Gasteiger partial charge is 0.408 e. The molecule has 0 radical (unpaired) electrons. The minimum absolute atomic E-state index is 0.302. The van der Waals surface area contributed by atoms with E-state index in [2.05, 4.69) is 5.32 Å². The second kappa shape index (κ2) is 7.79. The first-order valence-corrected chi connectivity index (χ1v) is 8.44. The van der Waals surface area contributed by atoms with Gasteiger partial charge in [-0.2, -0.15) is 0 Å². The quantitative estimate of drug-likeness (QED) is 0.815. The summed E-state index contributed by atoms with van der Waals surface area (Å²) in [4.78, 5) is 11.8. The first kappa shape index (κ1) is 19.9. The molecule has 1 unspecified atom stereocenters. The molecule has 0 aliphatic carbocycles. The van der Waals surface area contributed by atoms with Crippen molar-refractivity contribution in [1.29, 1.82) is 0 Å². The zero-order valence-corrected chi connectivity index (χ0v) is 14.8. The Balaban J connectivity index is 4.90. The largest absolute Gasteiger partial charge is 0.444 e. The summed E-state index contributed by atoms with van der Waals surface area (Å²) in [5, 5.41) is 3.79. The monoisotopic (exact) mass is 320 g/mol. The van der Waals surface area contributed by atoms with Crippen LogP contribution < -0.4 is 5.32 Å². The lowest BCUT2D eigenvalue weighted by molar-refractivity contribution is 0.0510. The molecule has 21 heavy (non-hydrogen) atoms. The highest BCUT2D eigenvalue weighted by atomic mass is 32.2. The molecular weight excluding hydrogens is 292 g/mol. The molecule has 0 saturated carbocycles. The molecule has 0 aliphatic heterocycles. The van der Waals surface area contributed by atoms with Crippen molar-refractivity contribution in [1.82, 2.24) is 9.62 Å². The molecule has 0 fully saturated rings. The number of amides is 1. The molecule has 0 spiro atoms. The van der Waals surface area contributed by atoms with Crippen molar-refractivity contribution >= 4 is 16.1 Å². The van der Waals surface area contributed by atoms with Crippen molar-refractivity contribution < 1.29 is 17.9 Å². The van der Waals surface area contributed by atoms with Gasteiger partial charge in [-0.05, 0) is 39.2 Å². The van der Waals surface area contributed by atoms with E-state index in [9.17, 15) is 13.2 Å². The average molecular weight is 320 g/mol. The normalized spacial score (nSPS) is 14.7. The van der Waals surface area contributed by atoms with Crippen LogP contribution in [0.1, 0.15) is 41.0 Å². The third kappa shape index (κ3) is 9.47. The minimum atomic E-state index is -3.44. The molecule has 0 aromatic rings. The van der Waals surface area contributed by atoms with Crippen LogP contribution in [0, 0.1) is 5.92 Å². The molecule has 0 saturated heterocycles. The number of nitrogens with one attached hydrogen (secondary N) is 1. The molecule has 1 amide bonds.